The molecule has 0 bridgehead atoms. The van der Waals surface area contributed by atoms with Crippen molar-refractivity contribution in [2.45, 2.75) is 90.5 Å². The van der Waals surface area contributed by atoms with Crippen molar-refractivity contribution in [2.75, 3.05) is 18.4 Å². The fraction of sp³-hybridized carbons (Fsp3) is 0.643. The van der Waals surface area contributed by atoms with Crippen LogP contribution in [0.25, 0.3) is 0 Å². The molecule has 1 aromatic heterocycles. The number of nitrogens with one attached hydrogen (secondary N) is 1. The number of amides is 2. The Morgan fingerprint density at radius 1 is 1.03 bits per heavy atom. The van der Waals surface area contributed by atoms with Gasteiger partial charge in [-0.15, -0.1) is 10.2 Å². The Labute approximate surface area is 208 Å². The van der Waals surface area contributed by atoms with Crippen molar-refractivity contribution in [3.8, 4) is 0 Å². The van der Waals surface area contributed by atoms with Crippen molar-refractivity contribution in [2.24, 2.45) is 11.8 Å². The van der Waals surface area contributed by atoms with Crippen LogP contribution in [0.1, 0.15) is 93.0 Å². The topological polar surface area (TPSA) is 80.1 Å². The van der Waals surface area contributed by atoms with Crippen molar-refractivity contribution in [3.05, 3.63) is 41.0 Å². The Morgan fingerprint density at radius 3 is 2.49 bits per heavy atom. The van der Waals surface area contributed by atoms with Gasteiger partial charge >= 0.3 is 0 Å². The number of hydrogen-bond donors (Lipinski definition) is 1. The summed E-state index contributed by atoms with van der Waals surface area (Å²) >= 11 is 0. The monoisotopic (exact) mass is 477 g/mol. The number of anilines is 1. The van der Waals surface area contributed by atoms with Crippen LogP contribution in [0.5, 0.6) is 0 Å². The SMILES string of the molecule is CC(=O)N1C[C@@H](C(=O)Nc2ccc(C)cc2C)[C@H](c2nnc(CCC3CCCCC3)n2C2CC2)C1. The summed E-state index contributed by atoms with van der Waals surface area (Å²) in [4.78, 5) is 27.6. The number of aryl methyl sites for hydroxylation is 3. The van der Waals surface area contributed by atoms with E-state index in [9.17, 15) is 9.59 Å². The molecular formula is C28H39N5O2. The van der Waals surface area contributed by atoms with Gasteiger partial charge in [-0.3, -0.25) is 9.59 Å². The average molecular weight is 478 g/mol. The highest BCUT2D eigenvalue weighted by Gasteiger charge is 2.44. The molecule has 1 saturated heterocycles. The number of carbonyl (C=O) groups is 2. The standard InChI is InChI=1S/C28H39N5O2/c1-18-9-13-25(19(2)15-18)29-28(35)24-17-32(20(3)34)16-23(24)27-31-30-26(33(27)22-11-12-22)14-10-21-7-5-4-6-8-21/h9,13,15,21-24H,4-8,10-12,14,16-17H2,1-3H3,(H,29,35)/t23-,24-/m1/s1. The van der Waals surface area contributed by atoms with Gasteiger partial charge in [0.15, 0.2) is 0 Å². The first kappa shape index (κ1) is 24.0. The summed E-state index contributed by atoms with van der Waals surface area (Å²) in [7, 11) is 0. The Bertz CT molecular complexity index is 1080. The van der Waals surface area contributed by atoms with E-state index >= 15 is 0 Å². The molecule has 2 heterocycles. The van der Waals surface area contributed by atoms with Gasteiger partial charge < -0.3 is 14.8 Å². The summed E-state index contributed by atoms with van der Waals surface area (Å²) in [6.45, 7) is 6.59. The van der Waals surface area contributed by atoms with E-state index in [4.69, 9.17) is 0 Å². The quantitative estimate of drug-likeness (QED) is 0.612. The molecule has 35 heavy (non-hydrogen) atoms. The number of aromatic nitrogens is 3. The number of benzene rings is 1. The van der Waals surface area contributed by atoms with E-state index in [0.29, 0.717) is 19.1 Å². The number of carbonyl (C=O) groups excluding carboxylic acids is 2. The van der Waals surface area contributed by atoms with Gasteiger partial charge in [-0.05, 0) is 50.7 Å². The highest BCUT2D eigenvalue weighted by atomic mass is 16.2. The Morgan fingerprint density at radius 2 is 1.80 bits per heavy atom. The lowest BCUT2D eigenvalue weighted by atomic mass is 9.86. The maximum Gasteiger partial charge on any atom is 0.230 e. The summed E-state index contributed by atoms with van der Waals surface area (Å²) in [5.74, 6) is 2.26. The minimum atomic E-state index is -0.340. The largest absolute Gasteiger partial charge is 0.341 e. The van der Waals surface area contributed by atoms with Crippen LogP contribution < -0.4 is 5.32 Å². The number of nitrogens with zero attached hydrogens (tertiary/aromatic N) is 4. The van der Waals surface area contributed by atoms with Crippen molar-refractivity contribution in [3.63, 3.8) is 0 Å². The molecule has 188 valence electrons. The summed E-state index contributed by atoms with van der Waals surface area (Å²) in [6, 6.07) is 6.49. The van der Waals surface area contributed by atoms with Crippen molar-refractivity contribution < 1.29 is 9.59 Å². The van der Waals surface area contributed by atoms with Gasteiger partial charge in [0.1, 0.15) is 11.6 Å². The van der Waals surface area contributed by atoms with Gasteiger partial charge in [0.25, 0.3) is 0 Å². The maximum atomic E-state index is 13.5. The summed E-state index contributed by atoms with van der Waals surface area (Å²) < 4.78 is 2.34. The van der Waals surface area contributed by atoms with E-state index < -0.39 is 0 Å². The molecule has 3 fully saturated rings. The van der Waals surface area contributed by atoms with Crippen LogP contribution in [0.2, 0.25) is 0 Å². The molecule has 0 spiro atoms. The van der Waals surface area contributed by atoms with E-state index in [0.717, 1.165) is 48.1 Å². The normalized spacial score (nSPS) is 23.0. The lowest BCUT2D eigenvalue weighted by Crippen LogP contribution is -2.31. The van der Waals surface area contributed by atoms with Crippen LogP contribution in [0.3, 0.4) is 0 Å². The zero-order chi connectivity index (χ0) is 24.5. The molecular weight excluding hydrogens is 438 g/mol. The predicted molar refractivity (Wildman–Crippen MR) is 136 cm³/mol. The van der Waals surface area contributed by atoms with Gasteiger partial charge in [0.2, 0.25) is 11.8 Å². The third kappa shape index (κ3) is 5.29. The second-order valence-electron chi connectivity index (χ2n) is 11.1. The predicted octanol–water partition coefficient (Wildman–Crippen LogP) is 4.94. The zero-order valence-electron chi connectivity index (χ0n) is 21.4. The van der Waals surface area contributed by atoms with Crippen molar-refractivity contribution in [1.82, 2.24) is 19.7 Å². The Hall–Kier alpha value is -2.70. The molecule has 1 aromatic carbocycles. The minimum Gasteiger partial charge on any atom is -0.341 e. The van der Waals surface area contributed by atoms with Crippen LogP contribution in [0.4, 0.5) is 5.69 Å². The first-order valence-corrected chi connectivity index (χ1v) is 13.5. The molecule has 2 saturated carbocycles. The first-order valence-electron chi connectivity index (χ1n) is 13.5. The van der Waals surface area contributed by atoms with Crippen molar-refractivity contribution in [1.29, 1.82) is 0 Å². The molecule has 3 aliphatic rings. The average Bonchev–Trinajstić information content (AvgIpc) is 3.43. The van der Waals surface area contributed by atoms with Crippen LogP contribution in [0.15, 0.2) is 18.2 Å². The molecule has 1 N–H and O–H groups in total. The first-order chi connectivity index (χ1) is 16.9. The molecule has 1 aliphatic heterocycles. The summed E-state index contributed by atoms with van der Waals surface area (Å²) in [5, 5.41) is 12.5. The molecule has 2 atom stereocenters. The summed E-state index contributed by atoms with van der Waals surface area (Å²) in [6.07, 6.45) is 11.2. The second-order valence-corrected chi connectivity index (χ2v) is 11.1. The van der Waals surface area contributed by atoms with Gasteiger partial charge in [-0.25, -0.2) is 0 Å². The van der Waals surface area contributed by atoms with Crippen LogP contribution in [-0.2, 0) is 16.0 Å². The third-order valence-corrected chi connectivity index (χ3v) is 8.28. The molecule has 2 aromatic rings. The van der Waals surface area contributed by atoms with E-state index in [-0.39, 0.29) is 23.7 Å². The molecule has 7 nitrogen and oxygen atoms in total. The fourth-order valence-corrected chi connectivity index (χ4v) is 6.07. The van der Waals surface area contributed by atoms with Gasteiger partial charge in [0.05, 0.1) is 11.8 Å². The van der Waals surface area contributed by atoms with E-state index in [2.05, 4.69) is 26.1 Å². The molecule has 0 radical (unpaired) electrons. The van der Waals surface area contributed by atoms with Crippen LogP contribution >= 0.6 is 0 Å². The zero-order valence-corrected chi connectivity index (χ0v) is 21.4. The second kappa shape index (κ2) is 10.1. The molecule has 5 rings (SSSR count). The maximum absolute atomic E-state index is 13.5. The van der Waals surface area contributed by atoms with E-state index in [1.54, 1.807) is 11.8 Å². The van der Waals surface area contributed by atoms with Crippen LogP contribution in [-0.4, -0.2) is 44.6 Å². The highest BCUT2D eigenvalue weighted by Crippen LogP contribution is 2.42. The Kier molecular flexibility index (Phi) is 6.94. The highest BCUT2D eigenvalue weighted by molar-refractivity contribution is 5.94. The Balaban J connectivity index is 1.38. The van der Waals surface area contributed by atoms with E-state index in [1.165, 1.54) is 44.1 Å². The number of rotatable bonds is 7. The smallest absolute Gasteiger partial charge is 0.230 e. The van der Waals surface area contributed by atoms with E-state index in [1.807, 2.05) is 26.0 Å². The third-order valence-electron chi connectivity index (χ3n) is 8.28. The number of hydrogen-bond acceptors (Lipinski definition) is 4. The molecule has 2 aliphatic carbocycles. The van der Waals surface area contributed by atoms with Crippen molar-refractivity contribution >= 4 is 17.5 Å². The fourth-order valence-electron chi connectivity index (χ4n) is 6.07. The molecule has 7 heteroatoms. The molecule has 0 unspecified atom stereocenters. The van der Waals surface area contributed by atoms with Crippen LogP contribution in [0, 0.1) is 25.7 Å². The lowest BCUT2D eigenvalue weighted by Gasteiger charge is -2.22. The van der Waals surface area contributed by atoms with Gasteiger partial charge in [-0.2, -0.15) is 0 Å². The van der Waals surface area contributed by atoms with Gasteiger partial charge in [0, 0.05) is 38.2 Å². The summed E-state index contributed by atoms with van der Waals surface area (Å²) in [5.41, 5.74) is 3.04. The molecule has 2 amide bonds. The number of likely N-dealkylation sites (tertiary alicyclic amines) is 1. The lowest BCUT2D eigenvalue weighted by molar-refractivity contribution is -0.128. The minimum absolute atomic E-state index is 0.00632. The van der Waals surface area contributed by atoms with Gasteiger partial charge in [-0.1, -0.05) is 49.8 Å².